The van der Waals surface area contributed by atoms with Crippen LogP contribution in [0, 0.1) is 11.3 Å². The summed E-state index contributed by atoms with van der Waals surface area (Å²) >= 11 is 0. The first kappa shape index (κ1) is 10.1. The first-order valence-electron chi connectivity index (χ1n) is 4.76. The van der Waals surface area contributed by atoms with Crippen LogP contribution in [0.4, 0.5) is 0 Å². The molecule has 1 heterocycles. The molecule has 0 unspecified atom stereocenters. The van der Waals surface area contributed by atoms with Gasteiger partial charge >= 0.3 is 0 Å². The molecule has 0 N–H and O–H groups in total. The fraction of sp³-hybridized carbons (Fsp3) is 0.0833. The topological polar surface area (TPSA) is 58.8 Å². The van der Waals surface area contributed by atoms with Crippen LogP contribution in [0.15, 0.2) is 42.9 Å². The van der Waals surface area contributed by atoms with Crippen LogP contribution in [0.5, 0.6) is 5.75 Å². The van der Waals surface area contributed by atoms with Gasteiger partial charge in [-0.05, 0) is 18.2 Å². The minimum atomic E-state index is 0.350. The Morgan fingerprint density at radius 1 is 1.31 bits per heavy atom. The van der Waals surface area contributed by atoms with Crippen LogP contribution < -0.4 is 4.74 Å². The number of nitriles is 1. The van der Waals surface area contributed by atoms with Crippen molar-refractivity contribution in [3.05, 3.63) is 54.1 Å². The van der Waals surface area contributed by atoms with E-state index in [1.807, 2.05) is 0 Å². The smallest absolute Gasteiger partial charge is 0.132 e. The average molecular weight is 211 g/mol. The maximum atomic E-state index is 8.72. The fourth-order valence-corrected chi connectivity index (χ4v) is 1.22. The molecule has 0 fully saturated rings. The molecule has 0 spiro atoms. The second kappa shape index (κ2) is 4.89. The molecule has 78 valence electrons. The van der Waals surface area contributed by atoms with E-state index in [-0.39, 0.29) is 0 Å². The molecule has 0 saturated heterocycles. The van der Waals surface area contributed by atoms with Gasteiger partial charge in [0.25, 0.3) is 0 Å². The van der Waals surface area contributed by atoms with Crippen LogP contribution in [0.1, 0.15) is 11.3 Å². The van der Waals surface area contributed by atoms with E-state index in [2.05, 4.69) is 16.0 Å². The number of aromatic nitrogens is 2. The van der Waals surface area contributed by atoms with E-state index in [9.17, 15) is 0 Å². The highest BCUT2D eigenvalue weighted by atomic mass is 16.5. The molecule has 0 aliphatic carbocycles. The Hall–Kier alpha value is -2.41. The van der Waals surface area contributed by atoms with Crippen LogP contribution in [0.25, 0.3) is 0 Å². The molecule has 1 aromatic heterocycles. The average Bonchev–Trinajstić information content (AvgIpc) is 2.38. The van der Waals surface area contributed by atoms with Crippen molar-refractivity contribution >= 4 is 0 Å². The number of hydrogen-bond donors (Lipinski definition) is 0. The lowest BCUT2D eigenvalue weighted by atomic mass is 10.2. The Bertz CT molecular complexity index is 505. The predicted octanol–water partition coefficient (Wildman–Crippen LogP) is 1.93. The number of hydrogen-bond acceptors (Lipinski definition) is 4. The van der Waals surface area contributed by atoms with Crippen molar-refractivity contribution in [3.8, 4) is 11.8 Å². The van der Waals surface area contributed by atoms with Crippen molar-refractivity contribution in [2.24, 2.45) is 0 Å². The minimum Gasteiger partial charge on any atom is -0.487 e. The molecule has 0 bridgehead atoms. The first-order valence-corrected chi connectivity index (χ1v) is 4.76. The lowest BCUT2D eigenvalue weighted by Crippen LogP contribution is -1.98. The lowest BCUT2D eigenvalue weighted by Gasteiger charge is -2.04. The summed E-state index contributed by atoms with van der Waals surface area (Å²) in [6.07, 6.45) is 4.87. The van der Waals surface area contributed by atoms with Crippen molar-refractivity contribution in [1.82, 2.24) is 9.97 Å². The van der Waals surface area contributed by atoms with Crippen LogP contribution in [-0.2, 0) is 6.61 Å². The Morgan fingerprint density at radius 2 is 2.25 bits per heavy atom. The Labute approximate surface area is 93.2 Å². The van der Waals surface area contributed by atoms with Gasteiger partial charge in [0.1, 0.15) is 12.4 Å². The molecule has 4 heteroatoms. The number of nitrogens with zero attached hydrogens (tertiary/aromatic N) is 3. The number of rotatable bonds is 3. The molecule has 0 aliphatic heterocycles. The Morgan fingerprint density at radius 3 is 3.00 bits per heavy atom. The second-order valence-electron chi connectivity index (χ2n) is 3.13. The van der Waals surface area contributed by atoms with Crippen molar-refractivity contribution in [1.29, 1.82) is 5.26 Å². The third-order valence-electron chi connectivity index (χ3n) is 1.97. The molecule has 0 aliphatic rings. The quantitative estimate of drug-likeness (QED) is 0.778. The van der Waals surface area contributed by atoms with Gasteiger partial charge in [-0.15, -0.1) is 0 Å². The minimum absolute atomic E-state index is 0.350. The molecule has 0 radical (unpaired) electrons. The highest BCUT2D eigenvalue weighted by Crippen LogP contribution is 2.13. The molecule has 0 amide bonds. The van der Waals surface area contributed by atoms with Crippen LogP contribution in [0.2, 0.25) is 0 Å². The summed E-state index contributed by atoms with van der Waals surface area (Å²) in [6, 6.07) is 9.06. The summed E-state index contributed by atoms with van der Waals surface area (Å²) in [4.78, 5) is 8.02. The number of benzene rings is 1. The van der Waals surface area contributed by atoms with E-state index in [0.29, 0.717) is 17.9 Å². The fourth-order valence-electron chi connectivity index (χ4n) is 1.22. The zero-order chi connectivity index (χ0) is 11.2. The maximum Gasteiger partial charge on any atom is 0.132 e. The van der Waals surface area contributed by atoms with Crippen molar-refractivity contribution in [3.63, 3.8) is 0 Å². The third-order valence-corrected chi connectivity index (χ3v) is 1.97. The second-order valence-corrected chi connectivity index (χ2v) is 3.13. The lowest BCUT2D eigenvalue weighted by molar-refractivity contribution is 0.300. The summed E-state index contributed by atoms with van der Waals surface area (Å²) in [5.74, 6) is 0.657. The predicted molar refractivity (Wildman–Crippen MR) is 57.5 cm³/mol. The summed E-state index contributed by atoms with van der Waals surface area (Å²) in [6.45, 7) is 0.350. The van der Waals surface area contributed by atoms with E-state index in [1.165, 1.54) is 0 Å². The highest BCUT2D eigenvalue weighted by Gasteiger charge is 1.98. The van der Waals surface area contributed by atoms with Gasteiger partial charge in [-0.3, -0.25) is 9.97 Å². The molecule has 16 heavy (non-hydrogen) atoms. The first-order chi connectivity index (χ1) is 7.88. The molecular weight excluding hydrogens is 202 g/mol. The maximum absolute atomic E-state index is 8.72. The largest absolute Gasteiger partial charge is 0.487 e. The standard InChI is InChI=1S/C12H9N3O/c13-7-10-2-1-3-12(6-10)16-9-11-8-14-4-5-15-11/h1-6,8H,9H2. The van der Waals surface area contributed by atoms with Gasteiger partial charge in [0.2, 0.25) is 0 Å². The van der Waals surface area contributed by atoms with Gasteiger partial charge in [-0.25, -0.2) is 0 Å². The van der Waals surface area contributed by atoms with Crippen LogP contribution >= 0.6 is 0 Å². The summed E-state index contributed by atoms with van der Waals surface area (Å²) in [5.41, 5.74) is 1.33. The van der Waals surface area contributed by atoms with Crippen molar-refractivity contribution < 1.29 is 4.74 Å². The summed E-state index contributed by atoms with van der Waals surface area (Å²) in [7, 11) is 0. The molecule has 4 nitrogen and oxygen atoms in total. The van der Waals surface area contributed by atoms with Gasteiger partial charge < -0.3 is 4.74 Å². The molecular formula is C12H9N3O. The summed E-state index contributed by atoms with van der Waals surface area (Å²) < 4.78 is 5.48. The van der Waals surface area contributed by atoms with E-state index in [0.717, 1.165) is 5.69 Å². The molecule has 0 atom stereocenters. The normalized spacial score (nSPS) is 9.44. The molecule has 2 rings (SSSR count). The SMILES string of the molecule is N#Cc1cccc(OCc2cnccn2)c1. The van der Waals surface area contributed by atoms with Crippen LogP contribution in [0.3, 0.4) is 0 Å². The number of ether oxygens (including phenoxy) is 1. The zero-order valence-corrected chi connectivity index (χ0v) is 8.50. The van der Waals surface area contributed by atoms with Gasteiger partial charge in [-0.1, -0.05) is 6.07 Å². The van der Waals surface area contributed by atoms with Crippen molar-refractivity contribution in [2.75, 3.05) is 0 Å². The van der Waals surface area contributed by atoms with E-state index < -0.39 is 0 Å². The van der Waals surface area contributed by atoms with E-state index in [1.54, 1.807) is 42.9 Å². The molecule has 2 aromatic rings. The third kappa shape index (κ3) is 2.55. The van der Waals surface area contributed by atoms with E-state index in [4.69, 9.17) is 10.00 Å². The summed E-state index contributed by atoms with van der Waals surface area (Å²) in [5, 5.41) is 8.72. The van der Waals surface area contributed by atoms with Gasteiger partial charge in [0.05, 0.1) is 23.5 Å². The molecule has 1 aromatic carbocycles. The van der Waals surface area contributed by atoms with Gasteiger partial charge in [0, 0.05) is 12.4 Å². The van der Waals surface area contributed by atoms with Crippen molar-refractivity contribution in [2.45, 2.75) is 6.61 Å². The van der Waals surface area contributed by atoms with Crippen LogP contribution in [-0.4, -0.2) is 9.97 Å². The van der Waals surface area contributed by atoms with Gasteiger partial charge in [-0.2, -0.15) is 5.26 Å². The Kier molecular flexibility index (Phi) is 3.10. The Balaban J connectivity index is 2.03. The monoisotopic (exact) mass is 211 g/mol. The zero-order valence-electron chi connectivity index (χ0n) is 8.50. The van der Waals surface area contributed by atoms with E-state index >= 15 is 0 Å². The molecule has 0 saturated carbocycles. The highest BCUT2D eigenvalue weighted by molar-refractivity contribution is 5.36. The van der Waals surface area contributed by atoms with Gasteiger partial charge in [0.15, 0.2) is 0 Å².